The van der Waals surface area contributed by atoms with E-state index in [1.807, 2.05) is 12.1 Å². The number of nitrogens with zero attached hydrogens (tertiary/aromatic N) is 3. The molecule has 2 aliphatic rings. The molecular weight excluding hydrogens is 330 g/mol. The molecule has 0 radical (unpaired) electrons. The number of halogens is 2. The van der Waals surface area contributed by atoms with Crippen molar-refractivity contribution in [2.45, 2.75) is 18.8 Å². The number of para-hydroxylation sites is 1. The highest BCUT2D eigenvalue weighted by Gasteiger charge is 2.56. The van der Waals surface area contributed by atoms with E-state index in [1.54, 1.807) is 23.9 Å². The standard InChI is InChI=1S/C17H18F2N4O2/c1-22-12-5-3-2-4-11(12)13(21-22)14(24)23-9-16(6-7-20-15(16)25)8-17(18,19)10-23/h2-5H,6-10H2,1H3,(H,20,25). The highest BCUT2D eigenvalue weighted by atomic mass is 19.3. The number of likely N-dealkylation sites (tertiary alicyclic amines) is 1. The second kappa shape index (κ2) is 5.24. The molecule has 132 valence electrons. The van der Waals surface area contributed by atoms with Crippen LogP contribution >= 0.6 is 0 Å². The van der Waals surface area contributed by atoms with Crippen molar-refractivity contribution in [1.82, 2.24) is 20.0 Å². The number of nitrogens with one attached hydrogen (secondary N) is 1. The average molecular weight is 348 g/mol. The summed E-state index contributed by atoms with van der Waals surface area (Å²) in [6, 6.07) is 7.16. The summed E-state index contributed by atoms with van der Waals surface area (Å²) in [5, 5.41) is 7.47. The van der Waals surface area contributed by atoms with Gasteiger partial charge in [0.2, 0.25) is 5.91 Å². The smallest absolute Gasteiger partial charge is 0.275 e. The van der Waals surface area contributed by atoms with E-state index >= 15 is 0 Å². The van der Waals surface area contributed by atoms with E-state index in [9.17, 15) is 18.4 Å². The lowest BCUT2D eigenvalue weighted by molar-refractivity contribution is -0.144. The summed E-state index contributed by atoms with van der Waals surface area (Å²) < 4.78 is 30.2. The number of aryl methyl sites for hydroxylation is 1. The maximum absolute atomic E-state index is 14.3. The van der Waals surface area contributed by atoms with Crippen LogP contribution in [0.4, 0.5) is 8.78 Å². The minimum atomic E-state index is -3.10. The van der Waals surface area contributed by atoms with Crippen LogP contribution < -0.4 is 5.32 Å². The van der Waals surface area contributed by atoms with E-state index in [4.69, 9.17) is 0 Å². The Morgan fingerprint density at radius 2 is 2.04 bits per heavy atom. The largest absolute Gasteiger partial charge is 0.356 e. The average Bonchev–Trinajstić information content (AvgIpc) is 3.07. The molecule has 4 rings (SSSR count). The lowest BCUT2D eigenvalue weighted by Gasteiger charge is -2.42. The molecular formula is C17H18F2N4O2. The Morgan fingerprint density at radius 3 is 2.76 bits per heavy atom. The second-order valence-corrected chi connectivity index (χ2v) is 6.97. The zero-order valence-corrected chi connectivity index (χ0v) is 13.8. The molecule has 2 aromatic rings. The third-order valence-electron chi connectivity index (χ3n) is 5.13. The highest BCUT2D eigenvalue weighted by molar-refractivity contribution is 6.05. The summed E-state index contributed by atoms with van der Waals surface area (Å²) in [6.07, 6.45) is -0.202. The Kier molecular flexibility index (Phi) is 3.35. The van der Waals surface area contributed by atoms with Gasteiger partial charge in [0.05, 0.1) is 17.5 Å². The molecule has 3 heterocycles. The van der Waals surface area contributed by atoms with Crippen molar-refractivity contribution in [3.05, 3.63) is 30.0 Å². The Hall–Kier alpha value is -2.51. The lowest BCUT2D eigenvalue weighted by Crippen LogP contribution is -2.57. The molecule has 25 heavy (non-hydrogen) atoms. The van der Waals surface area contributed by atoms with Gasteiger partial charge in [0.1, 0.15) is 0 Å². The van der Waals surface area contributed by atoms with E-state index in [1.165, 1.54) is 0 Å². The zero-order chi connectivity index (χ0) is 17.8. The Bertz CT molecular complexity index is 879. The lowest BCUT2D eigenvalue weighted by atomic mass is 9.77. The van der Waals surface area contributed by atoms with E-state index in [2.05, 4.69) is 10.4 Å². The fourth-order valence-electron chi connectivity index (χ4n) is 4.01. The van der Waals surface area contributed by atoms with Crippen molar-refractivity contribution >= 4 is 22.7 Å². The molecule has 6 nitrogen and oxygen atoms in total. The van der Waals surface area contributed by atoms with E-state index in [0.717, 1.165) is 10.4 Å². The van der Waals surface area contributed by atoms with Crippen LogP contribution in [0.3, 0.4) is 0 Å². The first-order valence-electron chi connectivity index (χ1n) is 8.19. The zero-order valence-electron chi connectivity index (χ0n) is 13.8. The molecule has 2 fully saturated rings. The van der Waals surface area contributed by atoms with Crippen LogP contribution in [0.5, 0.6) is 0 Å². The number of alkyl halides is 2. The van der Waals surface area contributed by atoms with E-state index < -0.39 is 36.1 Å². The van der Waals surface area contributed by atoms with E-state index in [-0.39, 0.29) is 12.2 Å². The fourth-order valence-corrected chi connectivity index (χ4v) is 4.01. The number of hydrogen-bond donors (Lipinski definition) is 1. The predicted octanol–water partition coefficient (Wildman–Crippen LogP) is 1.56. The van der Waals surface area contributed by atoms with Gasteiger partial charge >= 0.3 is 0 Å². The second-order valence-electron chi connectivity index (χ2n) is 6.97. The summed E-state index contributed by atoms with van der Waals surface area (Å²) >= 11 is 0. The van der Waals surface area contributed by atoms with Crippen molar-refractivity contribution in [2.24, 2.45) is 12.5 Å². The molecule has 1 spiro atoms. The Balaban J connectivity index is 1.72. The van der Waals surface area contributed by atoms with Gasteiger partial charge in [0.25, 0.3) is 11.8 Å². The maximum Gasteiger partial charge on any atom is 0.275 e. The van der Waals surface area contributed by atoms with Crippen molar-refractivity contribution < 1.29 is 18.4 Å². The highest BCUT2D eigenvalue weighted by Crippen LogP contribution is 2.43. The number of aromatic nitrogens is 2. The third-order valence-corrected chi connectivity index (χ3v) is 5.13. The summed E-state index contributed by atoms with van der Waals surface area (Å²) in [4.78, 5) is 26.2. The molecule has 8 heteroatoms. The summed E-state index contributed by atoms with van der Waals surface area (Å²) in [6.45, 7) is -0.326. The first-order chi connectivity index (χ1) is 11.8. The third kappa shape index (κ3) is 2.47. The molecule has 2 aliphatic heterocycles. The molecule has 0 saturated carbocycles. The Morgan fingerprint density at radius 1 is 1.28 bits per heavy atom. The monoisotopic (exact) mass is 348 g/mol. The number of fused-ring (bicyclic) bond motifs is 1. The van der Waals surface area contributed by atoms with Crippen LogP contribution in [0.15, 0.2) is 24.3 Å². The van der Waals surface area contributed by atoms with Crippen molar-refractivity contribution in [3.8, 4) is 0 Å². The van der Waals surface area contributed by atoms with Crippen molar-refractivity contribution in [2.75, 3.05) is 19.6 Å². The molecule has 0 bridgehead atoms. The van der Waals surface area contributed by atoms with E-state index in [0.29, 0.717) is 18.4 Å². The van der Waals surface area contributed by atoms with Gasteiger partial charge in [0, 0.05) is 31.9 Å². The molecule has 1 aromatic carbocycles. The summed E-state index contributed by atoms with van der Waals surface area (Å²) in [7, 11) is 1.70. The minimum Gasteiger partial charge on any atom is -0.356 e. The quantitative estimate of drug-likeness (QED) is 0.851. The first-order valence-corrected chi connectivity index (χ1v) is 8.19. The van der Waals surface area contributed by atoms with Gasteiger partial charge in [-0.15, -0.1) is 0 Å². The van der Waals surface area contributed by atoms with Gasteiger partial charge in [-0.1, -0.05) is 18.2 Å². The maximum atomic E-state index is 14.3. The minimum absolute atomic E-state index is 0.00183. The number of carbonyl (C=O) groups is 2. The normalized spacial score (nSPS) is 25.6. The number of rotatable bonds is 1. The number of piperidine rings is 1. The van der Waals surface area contributed by atoms with Gasteiger partial charge in [-0.25, -0.2) is 8.78 Å². The molecule has 2 amide bonds. The summed E-state index contributed by atoms with van der Waals surface area (Å²) in [5.74, 6) is -4.05. The number of benzene rings is 1. The van der Waals surface area contributed by atoms with Gasteiger partial charge in [-0.3, -0.25) is 14.3 Å². The van der Waals surface area contributed by atoms with Gasteiger partial charge in [-0.2, -0.15) is 5.10 Å². The molecule has 2 saturated heterocycles. The van der Waals surface area contributed by atoms with Crippen molar-refractivity contribution in [3.63, 3.8) is 0 Å². The molecule has 1 N–H and O–H groups in total. The SMILES string of the molecule is Cn1nc(C(=O)N2CC(F)(F)CC3(CCNC3=O)C2)c2ccccc21. The van der Waals surface area contributed by atoms with Gasteiger partial charge < -0.3 is 10.2 Å². The molecule has 1 unspecified atom stereocenters. The van der Waals surface area contributed by atoms with Crippen LogP contribution in [0, 0.1) is 5.41 Å². The Labute approximate surface area is 142 Å². The van der Waals surface area contributed by atoms with Crippen LogP contribution in [0.2, 0.25) is 0 Å². The topological polar surface area (TPSA) is 67.2 Å². The predicted molar refractivity (Wildman–Crippen MR) is 86.2 cm³/mol. The van der Waals surface area contributed by atoms with Gasteiger partial charge in [0.15, 0.2) is 5.69 Å². The van der Waals surface area contributed by atoms with Crippen LogP contribution in [0.1, 0.15) is 23.3 Å². The van der Waals surface area contributed by atoms with Crippen molar-refractivity contribution in [1.29, 1.82) is 0 Å². The van der Waals surface area contributed by atoms with Crippen LogP contribution in [-0.2, 0) is 11.8 Å². The molecule has 1 aromatic heterocycles. The van der Waals surface area contributed by atoms with Gasteiger partial charge in [-0.05, 0) is 12.5 Å². The number of carbonyl (C=O) groups excluding carboxylic acids is 2. The number of hydrogen-bond acceptors (Lipinski definition) is 3. The number of amides is 2. The first kappa shape index (κ1) is 16.0. The summed E-state index contributed by atoms with van der Waals surface area (Å²) in [5.41, 5.74) is -0.311. The van der Waals surface area contributed by atoms with Crippen LogP contribution in [0.25, 0.3) is 10.9 Å². The fraction of sp³-hybridized carbons (Fsp3) is 0.471. The molecule has 0 aliphatic carbocycles. The molecule has 1 atom stereocenters. The van der Waals surface area contributed by atoms with Crippen LogP contribution in [-0.4, -0.2) is 52.1 Å².